The Kier molecular flexibility index (Phi) is 6.00. The van der Waals surface area contributed by atoms with Crippen molar-refractivity contribution in [1.82, 2.24) is 15.2 Å². The third-order valence-corrected chi connectivity index (χ3v) is 5.51. The Morgan fingerprint density at radius 1 is 1.42 bits per heavy atom. The van der Waals surface area contributed by atoms with Crippen LogP contribution in [0.2, 0.25) is 0 Å². The van der Waals surface area contributed by atoms with Crippen molar-refractivity contribution in [1.29, 1.82) is 0 Å². The lowest BCUT2D eigenvalue weighted by Crippen LogP contribution is -2.46. The molecule has 1 atom stereocenters. The summed E-state index contributed by atoms with van der Waals surface area (Å²) in [6.45, 7) is 3.98. The molecule has 2 amide bonds. The number of benzene rings is 1. The number of piperidine rings is 1. The van der Waals surface area contributed by atoms with Crippen LogP contribution in [-0.2, 0) is 4.79 Å². The molecule has 1 aliphatic rings. The van der Waals surface area contributed by atoms with E-state index in [0.29, 0.717) is 31.7 Å². The molecule has 7 heteroatoms. The summed E-state index contributed by atoms with van der Waals surface area (Å²) in [6, 6.07) is 7.56. The zero-order chi connectivity index (χ0) is 18.5. The lowest BCUT2D eigenvalue weighted by molar-refractivity contribution is -0.126. The van der Waals surface area contributed by atoms with Crippen LogP contribution in [0.3, 0.4) is 0 Å². The van der Waals surface area contributed by atoms with Gasteiger partial charge in [0.15, 0.2) is 0 Å². The van der Waals surface area contributed by atoms with Gasteiger partial charge < -0.3 is 16.0 Å². The topological polar surface area (TPSA) is 88.3 Å². The van der Waals surface area contributed by atoms with Gasteiger partial charge in [0.2, 0.25) is 5.91 Å². The van der Waals surface area contributed by atoms with Gasteiger partial charge in [0.1, 0.15) is 5.01 Å². The average Bonchev–Trinajstić information content (AvgIpc) is 3.12. The van der Waals surface area contributed by atoms with E-state index in [0.717, 1.165) is 29.1 Å². The van der Waals surface area contributed by atoms with E-state index >= 15 is 0 Å². The van der Waals surface area contributed by atoms with E-state index < -0.39 is 0 Å². The maximum Gasteiger partial charge on any atom is 0.253 e. The number of likely N-dealkylation sites (tertiary alicyclic amines) is 1. The van der Waals surface area contributed by atoms with Crippen LogP contribution in [0.15, 0.2) is 29.6 Å². The maximum atomic E-state index is 12.9. The Balaban J connectivity index is 1.71. The number of nitrogens with zero attached hydrogens (tertiary/aromatic N) is 2. The number of hydrogen-bond donors (Lipinski definition) is 2. The highest BCUT2D eigenvalue weighted by molar-refractivity contribution is 7.13. The van der Waals surface area contributed by atoms with Crippen LogP contribution in [0.25, 0.3) is 10.6 Å². The lowest BCUT2D eigenvalue weighted by Gasteiger charge is -2.32. The van der Waals surface area contributed by atoms with E-state index in [9.17, 15) is 9.59 Å². The Labute approximate surface area is 157 Å². The van der Waals surface area contributed by atoms with Crippen molar-refractivity contribution >= 4 is 23.2 Å². The van der Waals surface area contributed by atoms with Crippen LogP contribution in [0, 0.1) is 12.8 Å². The summed E-state index contributed by atoms with van der Waals surface area (Å²) < 4.78 is 0. The van der Waals surface area contributed by atoms with Gasteiger partial charge in [0.25, 0.3) is 5.91 Å². The highest BCUT2D eigenvalue weighted by Crippen LogP contribution is 2.25. The SMILES string of the molecule is Cc1csc(-c2cccc(C(=O)N3CCCC(C(=O)NCCN)C3)c2)n1. The molecule has 3 N–H and O–H groups in total. The quantitative estimate of drug-likeness (QED) is 0.841. The van der Waals surface area contributed by atoms with Crippen LogP contribution in [0.4, 0.5) is 0 Å². The molecule has 0 radical (unpaired) electrons. The van der Waals surface area contributed by atoms with Gasteiger partial charge in [-0.1, -0.05) is 12.1 Å². The van der Waals surface area contributed by atoms with E-state index in [1.807, 2.05) is 36.6 Å². The molecule has 0 aliphatic carbocycles. The van der Waals surface area contributed by atoms with E-state index in [4.69, 9.17) is 5.73 Å². The standard InChI is InChI=1S/C19H24N4O2S/c1-13-12-26-18(22-13)14-4-2-5-15(10-14)19(25)23-9-3-6-16(11-23)17(24)21-8-7-20/h2,4-5,10,12,16H,3,6-9,11,20H2,1H3,(H,21,24). The van der Waals surface area contributed by atoms with Crippen LogP contribution < -0.4 is 11.1 Å². The first-order valence-corrected chi connectivity index (χ1v) is 9.76. The largest absolute Gasteiger partial charge is 0.355 e. The minimum absolute atomic E-state index is 0.0139. The molecule has 1 fully saturated rings. The molecular weight excluding hydrogens is 348 g/mol. The zero-order valence-corrected chi connectivity index (χ0v) is 15.7. The zero-order valence-electron chi connectivity index (χ0n) is 14.9. The van der Waals surface area contributed by atoms with Crippen molar-refractivity contribution in [3.63, 3.8) is 0 Å². The van der Waals surface area contributed by atoms with Crippen LogP contribution in [0.5, 0.6) is 0 Å². The van der Waals surface area contributed by atoms with Gasteiger partial charge in [0.05, 0.1) is 5.92 Å². The Bertz CT molecular complexity index is 789. The molecule has 138 valence electrons. The third-order valence-electron chi connectivity index (χ3n) is 4.50. The van der Waals surface area contributed by atoms with Crippen LogP contribution in [0.1, 0.15) is 28.9 Å². The molecular formula is C19H24N4O2S. The van der Waals surface area contributed by atoms with Crippen molar-refractivity contribution < 1.29 is 9.59 Å². The highest BCUT2D eigenvalue weighted by Gasteiger charge is 2.28. The second-order valence-corrected chi connectivity index (χ2v) is 7.40. The molecule has 0 saturated carbocycles. The fourth-order valence-electron chi connectivity index (χ4n) is 3.17. The summed E-state index contributed by atoms with van der Waals surface area (Å²) in [5.41, 5.74) is 8.00. The number of nitrogens with one attached hydrogen (secondary N) is 1. The van der Waals surface area contributed by atoms with Gasteiger partial charge >= 0.3 is 0 Å². The number of carbonyl (C=O) groups excluding carboxylic acids is 2. The second-order valence-electron chi connectivity index (χ2n) is 6.54. The van der Waals surface area contributed by atoms with Crippen LogP contribution >= 0.6 is 11.3 Å². The number of thiazole rings is 1. The molecule has 1 aliphatic heterocycles. The number of rotatable bonds is 5. The van der Waals surface area contributed by atoms with Crippen molar-refractivity contribution in [2.45, 2.75) is 19.8 Å². The Hall–Kier alpha value is -2.25. The monoisotopic (exact) mass is 372 g/mol. The van der Waals surface area contributed by atoms with Gasteiger partial charge in [-0.3, -0.25) is 9.59 Å². The third kappa shape index (κ3) is 4.28. The molecule has 1 unspecified atom stereocenters. The molecule has 1 aromatic carbocycles. The normalized spacial score (nSPS) is 17.2. The molecule has 2 heterocycles. The van der Waals surface area contributed by atoms with Gasteiger partial charge in [-0.15, -0.1) is 11.3 Å². The first kappa shape index (κ1) is 18.5. The van der Waals surface area contributed by atoms with E-state index in [1.54, 1.807) is 16.2 Å². The molecule has 1 saturated heterocycles. The summed E-state index contributed by atoms with van der Waals surface area (Å²) in [5.74, 6) is -0.208. The van der Waals surface area contributed by atoms with Crippen molar-refractivity contribution in [3.8, 4) is 10.6 Å². The molecule has 0 bridgehead atoms. The molecule has 0 spiro atoms. The number of aryl methyl sites for hydroxylation is 1. The Morgan fingerprint density at radius 2 is 2.27 bits per heavy atom. The lowest BCUT2D eigenvalue weighted by atomic mass is 9.96. The van der Waals surface area contributed by atoms with Gasteiger partial charge in [-0.25, -0.2) is 4.98 Å². The van der Waals surface area contributed by atoms with E-state index in [2.05, 4.69) is 10.3 Å². The summed E-state index contributed by atoms with van der Waals surface area (Å²) in [7, 11) is 0. The first-order chi connectivity index (χ1) is 12.6. The number of aromatic nitrogens is 1. The number of nitrogens with two attached hydrogens (primary N) is 1. The summed E-state index contributed by atoms with van der Waals surface area (Å²) in [6.07, 6.45) is 1.64. The predicted octanol–water partition coefficient (Wildman–Crippen LogP) is 2.05. The smallest absolute Gasteiger partial charge is 0.253 e. The highest BCUT2D eigenvalue weighted by atomic mass is 32.1. The second kappa shape index (κ2) is 8.42. The molecule has 26 heavy (non-hydrogen) atoms. The summed E-state index contributed by atoms with van der Waals surface area (Å²) >= 11 is 1.57. The molecule has 6 nitrogen and oxygen atoms in total. The first-order valence-electron chi connectivity index (χ1n) is 8.88. The van der Waals surface area contributed by atoms with Gasteiger partial charge in [-0.2, -0.15) is 0 Å². The predicted molar refractivity (Wildman–Crippen MR) is 103 cm³/mol. The molecule has 2 aromatic rings. The fourth-order valence-corrected chi connectivity index (χ4v) is 3.96. The van der Waals surface area contributed by atoms with Crippen LogP contribution in [-0.4, -0.2) is 47.9 Å². The fraction of sp³-hybridized carbons (Fsp3) is 0.421. The minimum Gasteiger partial charge on any atom is -0.355 e. The number of hydrogen-bond acceptors (Lipinski definition) is 5. The summed E-state index contributed by atoms with van der Waals surface area (Å²) in [4.78, 5) is 31.4. The number of carbonyl (C=O) groups is 2. The van der Waals surface area contributed by atoms with E-state index in [1.165, 1.54) is 0 Å². The average molecular weight is 372 g/mol. The van der Waals surface area contributed by atoms with Gasteiger partial charge in [0, 0.05) is 48.4 Å². The number of amides is 2. The van der Waals surface area contributed by atoms with Crippen molar-refractivity contribution in [2.24, 2.45) is 11.7 Å². The van der Waals surface area contributed by atoms with Gasteiger partial charge in [-0.05, 0) is 31.9 Å². The van der Waals surface area contributed by atoms with Crippen molar-refractivity contribution in [3.05, 3.63) is 40.9 Å². The minimum atomic E-state index is -0.163. The summed E-state index contributed by atoms with van der Waals surface area (Å²) in [5, 5.41) is 5.74. The maximum absolute atomic E-state index is 12.9. The van der Waals surface area contributed by atoms with E-state index in [-0.39, 0.29) is 17.7 Å². The van der Waals surface area contributed by atoms with Crippen molar-refractivity contribution in [2.75, 3.05) is 26.2 Å². The molecule has 1 aromatic heterocycles. The molecule has 3 rings (SSSR count). The Morgan fingerprint density at radius 3 is 3.00 bits per heavy atom.